The molecular formula is C23H31ClN2O. The maximum atomic E-state index is 12.8. The molecular weight excluding hydrogens is 356 g/mol. The summed E-state index contributed by atoms with van der Waals surface area (Å²) in [7, 11) is 1.93. The molecule has 3 nitrogen and oxygen atoms in total. The number of hydrogen-bond acceptors (Lipinski definition) is 2. The van der Waals surface area contributed by atoms with E-state index in [0.717, 1.165) is 13.1 Å². The highest BCUT2D eigenvalue weighted by Gasteiger charge is 2.23. The summed E-state index contributed by atoms with van der Waals surface area (Å²) in [5.74, 6) is 1.38. The van der Waals surface area contributed by atoms with E-state index >= 15 is 0 Å². The summed E-state index contributed by atoms with van der Waals surface area (Å²) >= 11 is 0. The summed E-state index contributed by atoms with van der Waals surface area (Å²) in [6.07, 6.45) is 3.03. The standard InChI is InChI=1S/C23H30N2O.ClH/c1-18(19-12-14-24-15-13-19)16-23(26)25(2)17-21-10-6-7-11-22(21)20-8-4-3-5-9-20;/h3-11,18-19,24H,12-17H2,1-2H3;1H. The fraction of sp³-hybridized carbons (Fsp3) is 0.435. The molecule has 1 unspecified atom stereocenters. The molecule has 1 fully saturated rings. The Bertz CT molecular complexity index is 713. The van der Waals surface area contributed by atoms with Crippen LogP contribution in [0, 0.1) is 11.8 Å². The number of carbonyl (C=O) groups is 1. The smallest absolute Gasteiger partial charge is 0.222 e. The number of nitrogens with one attached hydrogen (secondary N) is 1. The van der Waals surface area contributed by atoms with Crippen molar-refractivity contribution in [2.75, 3.05) is 20.1 Å². The predicted molar refractivity (Wildman–Crippen MR) is 115 cm³/mol. The molecule has 3 rings (SSSR count). The van der Waals surface area contributed by atoms with Gasteiger partial charge in [0.2, 0.25) is 5.91 Å². The minimum Gasteiger partial charge on any atom is -0.341 e. The molecule has 1 heterocycles. The van der Waals surface area contributed by atoms with E-state index in [9.17, 15) is 4.79 Å². The van der Waals surface area contributed by atoms with Crippen molar-refractivity contribution in [2.45, 2.75) is 32.7 Å². The fourth-order valence-corrected chi connectivity index (χ4v) is 3.91. The number of benzene rings is 2. The summed E-state index contributed by atoms with van der Waals surface area (Å²) in [5, 5.41) is 3.40. The van der Waals surface area contributed by atoms with Crippen molar-refractivity contribution >= 4 is 18.3 Å². The Labute approximate surface area is 169 Å². The Balaban J connectivity index is 0.00000261. The molecule has 1 atom stereocenters. The average Bonchev–Trinajstić information content (AvgIpc) is 2.69. The van der Waals surface area contributed by atoms with Gasteiger partial charge in [-0.1, -0.05) is 61.5 Å². The van der Waals surface area contributed by atoms with Crippen LogP contribution in [0.15, 0.2) is 54.6 Å². The zero-order chi connectivity index (χ0) is 18.4. The third kappa shape index (κ3) is 5.82. The first-order valence-electron chi connectivity index (χ1n) is 9.73. The number of amides is 1. The Hall–Kier alpha value is -1.84. The van der Waals surface area contributed by atoms with Crippen molar-refractivity contribution in [1.82, 2.24) is 10.2 Å². The molecule has 0 saturated carbocycles. The monoisotopic (exact) mass is 386 g/mol. The second-order valence-electron chi connectivity index (χ2n) is 7.54. The normalized spacial score (nSPS) is 15.6. The fourth-order valence-electron chi connectivity index (χ4n) is 3.91. The van der Waals surface area contributed by atoms with E-state index in [-0.39, 0.29) is 18.3 Å². The third-order valence-electron chi connectivity index (χ3n) is 5.62. The Morgan fingerprint density at radius 2 is 1.70 bits per heavy atom. The van der Waals surface area contributed by atoms with Crippen LogP contribution in [0.1, 0.15) is 31.7 Å². The van der Waals surface area contributed by atoms with E-state index < -0.39 is 0 Å². The van der Waals surface area contributed by atoms with E-state index in [2.05, 4.69) is 60.8 Å². The lowest BCUT2D eigenvalue weighted by molar-refractivity contribution is -0.131. The van der Waals surface area contributed by atoms with Crippen molar-refractivity contribution < 1.29 is 4.79 Å². The maximum Gasteiger partial charge on any atom is 0.222 e. The van der Waals surface area contributed by atoms with Gasteiger partial charge in [-0.05, 0) is 54.5 Å². The van der Waals surface area contributed by atoms with Gasteiger partial charge in [0.15, 0.2) is 0 Å². The van der Waals surface area contributed by atoms with E-state index in [4.69, 9.17) is 0 Å². The van der Waals surface area contributed by atoms with Gasteiger partial charge in [0, 0.05) is 20.0 Å². The van der Waals surface area contributed by atoms with E-state index in [1.54, 1.807) is 0 Å². The summed E-state index contributed by atoms with van der Waals surface area (Å²) in [4.78, 5) is 14.6. The van der Waals surface area contributed by atoms with Crippen LogP contribution in [0.3, 0.4) is 0 Å². The number of halogens is 1. The van der Waals surface area contributed by atoms with Crippen molar-refractivity contribution in [3.63, 3.8) is 0 Å². The first-order chi connectivity index (χ1) is 12.6. The van der Waals surface area contributed by atoms with Crippen molar-refractivity contribution in [2.24, 2.45) is 11.8 Å². The third-order valence-corrected chi connectivity index (χ3v) is 5.62. The molecule has 1 N–H and O–H groups in total. The van der Waals surface area contributed by atoms with Gasteiger partial charge in [0.1, 0.15) is 0 Å². The van der Waals surface area contributed by atoms with Gasteiger partial charge < -0.3 is 10.2 Å². The molecule has 0 bridgehead atoms. The largest absolute Gasteiger partial charge is 0.341 e. The van der Waals surface area contributed by atoms with Crippen LogP contribution in [0.5, 0.6) is 0 Å². The molecule has 4 heteroatoms. The van der Waals surface area contributed by atoms with Gasteiger partial charge in [-0.25, -0.2) is 0 Å². The van der Waals surface area contributed by atoms with Crippen molar-refractivity contribution in [3.8, 4) is 11.1 Å². The summed E-state index contributed by atoms with van der Waals surface area (Å²) in [5.41, 5.74) is 3.61. The van der Waals surface area contributed by atoms with Crippen LogP contribution >= 0.6 is 12.4 Å². The molecule has 1 saturated heterocycles. The molecule has 0 aliphatic carbocycles. The first kappa shape index (κ1) is 21.5. The zero-order valence-electron chi connectivity index (χ0n) is 16.4. The lowest BCUT2D eigenvalue weighted by Crippen LogP contribution is -2.34. The van der Waals surface area contributed by atoms with Crippen molar-refractivity contribution in [1.29, 1.82) is 0 Å². The van der Waals surface area contributed by atoms with Crippen LogP contribution in [-0.4, -0.2) is 30.9 Å². The van der Waals surface area contributed by atoms with E-state index in [0.29, 0.717) is 24.8 Å². The molecule has 0 aromatic heterocycles. The SMILES string of the molecule is CC(CC(=O)N(C)Cc1ccccc1-c1ccccc1)C1CCNCC1.Cl. The molecule has 0 radical (unpaired) electrons. The lowest BCUT2D eigenvalue weighted by atomic mass is 9.84. The van der Waals surface area contributed by atoms with Crippen LogP contribution in [0.25, 0.3) is 11.1 Å². The number of piperidine rings is 1. The van der Waals surface area contributed by atoms with Crippen molar-refractivity contribution in [3.05, 3.63) is 60.2 Å². The quantitative estimate of drug-likeness (QED) is 0.776. The maximum absolute atomic E-state index is 12.8. The van der Waals surface area contributed by atoms with Crippen LogP contribution < -0.4 is 5.32 Å². The number of nitrogens with zero attached hydrogens (tertiary/aromatic N) is 1. The van der Waals surface area contributed by atoms with Crippen LogP contribution in [-0.2, 0) is 11.3 Å². The number of rotatable bonds is 6. The summed E-state index contributed by atoms with van der Waals surface area (Å²) < 4.78 is 0. The van der Waals surface area contributed by atoms with Gasteiger partial charge in [0.05, 0.1) is 0 Å². The van der Waals surface area contributed by atoms with E-state index in [1.807, 2.05) is 18.0 Å². The summed E-state index contributed by atoms with van der Waals surface area (Å²) in [6, 6.07) is 18.8. The highest BCUT2D eigenvalue weighted by atomic mass is 35.5. The minimum atomic E-state index is 0. The van der Waals surface area contributed by atoms with Gasteiger partial charge in [0.25, 0.3) is 0 Å². The second-order valence-corrected chi connectivity index (χ2v) is 7.54. The molecule has 1 aliphatic rings. The Morgan fingerprint density at radius 3 is 2.41 bits per heavy atom. The van der Waals surface area contributed by atoms with Gasteiger partial charge in [-0.3, -0.25) is 4.79 Å². The molecule has 2 aromatic rings. The predicted octanol–water partition coefficient (Wildman–Crippen LogP) is 4.76. The molecule has 0 spiro atoms. The summed E-state index contributed by atoms with van der Waals surface area (Å²) in [6.45, 7) is 5.06. The average molecular weight is 387 g/mol. The Kier molecular flexibility index (Phi) is 8.33. The van der Waals surface area contributed by atoms with E-state index in [1.165, 1.54) is 29.5 Å². The highest BCUT2D eigenvalue weighted by molar-refractivity contribution is 5.85. The highest BCUT2D eigenvalue weighted by Crippen LogP contribution is 2.27. The van der Waals surface area contributed by atoms with Crippen LogP contribution in [0.2, 0.25) is 0 Å². The second kappa shape index (κ2) is 10.5. The molecule has 2 aromatic carbocycles. The number of carbonyl (C=O) groups excluding carboxylic acids is 1. The topological polar surface area (TPSA) is 32.3 Å². The lowest BCUT2D eigenvalue weighted by Gasteiger charge is -2.29. The number of hydrogen-bond donors (Lipinski definition) is 1. The van der Waals surface area contributed by atoms with Crippen LogP contribution in [0.4, 0.5) is 0 Å². The van der Waals surface area contributed by atoms with Gasteiger partial charge in [-0.2, -0.15) is 0 Å². The molecule has 146 valence electrons. The molecule has 1 aliphatic heterocycles. The minimum absolute atomic E-state index is 0. The molecule has 1 amide bonds. The molecule has 27 heavy (non-hydrogen) atoms. The van der Waals surface area contributed by atoms with Gasteiger partial charge >= 0.3 is 0 Å². The first-order valence-corrected chi connectivity index (χ1v) is 9.73. The Morgan fingerprint density at radius 1 is 1.07 bits per heavy atom. The zero-order valence-corrected chi connectivity index (χ0v) is 17.2. The van der Waals surface area contributed by atoms with Gasteiger partial charge in [-0.15, -0.1) is 12.4 Å².